The lowest BCUT2D eigenvalue weighted by molar-refractivity contribution is -0.385. The number of esters is 1. The van der Waals surface area contributed by atoms with E-state index in [4.69, 9.17) is 14.2 Å². The number of aromatic nitrogens is 2. The number of fused-ring (bicyclic) bond motifs is 4. The monoisotopic (exact) mass is 471 g/mol. The van der Waals surface area contributed by atoms with E-state index in [2.05, 4.69) is 4.98 Å². The van der Waals surface area contributed by atoms with Gasteiger partial charge in [0.15, 0.2) is 6.79 Å². The molecule has 10 nitrogen and oxygen atoms in total. The number of nitro groups is 1. The maximum absolute atomic E-state index is 13.0. The SMILES string of the molecule is O=C(CCn1cnc2sc3c(c2c1=O)CCCC3)OCc1cc([N+](=O)[O-])cc2c1OCOC2. The van der Waals surface area contributed by atoms with Crippen molar-refractivity contribution in [3.63, 3.8) is 0 Å². The fourth-order valence-corrected chi connectivity index (χ4v) is 5.50. The molecule has 1 aromatic carbocycles. The van der Waals surface area contributed by atoms with Gasteiger partial charge in [-0.25, -0.2) is 4.98 Å². The number of carbonyl (C=O) groups excluding carboxylic acids is 1. The first-order valence-electron chi connectivity index (χ1n) is 10.7. The van der Waals surface area contributed by atoms with Crippen LogP contribution in [0.2, 0.25) is 0 Å². The van der Waals surface area contributed by atoms with Gasteiger partial charge in [0.25, 0.3) is 11.2 Å². The zero-order chi connectivity index (χ0) is 22.9. The van der Waals surface area contributed by atoms with Crippen LogP contribution >= 0.6 is 11.3 Å². The summed E-state index contributed by atoms with van der Waals surface area (Å²) >= 11 is 1.58. The van der Waals surface area contributed by atoms with E-state index in [0.717, 1.165) is 36.1 Å². The van der Waals surface area contributed by atoms with Gasteiger partial charge in [0.2, 0.25) is 0 Å². The molecule has 0 bridgehead atoms. The van der Waals surface area contributed by atoms with Crippen LogP contribution in [0.1, 0.15) is 40.8 Å². The molecule has 5 rings (SSSR count). The quantitative estimate of drug-likeness (QED) is 0.305. The number of non-ortho nitro benzene ring substituents is 1. The Hall–Kier alpha value is -3.31. The molecule has 0 radical (unpaired) electrons. The third-order valence-electron chi connectivity index (χ3n) is 5.87. The average Bonchev–Trinajstić information content (AvgIpc) is 3.21. The first kappa shape index (κ1) is 21.5. The first-order valence-corrected chi connectivity index (χ1v) is 11.5. The van der Waals surface area contributed by atoms with Crippen LogP contribution < -0.4 is 10.3 Å². The lowest BCUT2D eigenvalue weighted by Gasteiger charge is -2.20. The number of hydrogen-bond donors (Lipinski definition) is 0. The molecule has 1 aliphatic heterocycles. The van der Waals surface area contributed by atoms with Gasteiger partial charge < -0.3 is 14.2 Å². The Balaban J connectivity index is 1.28. The van der Waals surface area contributed by atoms with Crippen molar-refractivity contribution in [1.29, 1.82) is 0 Å². The number of ether oxygens (including phenoxy) is 3. The Morgan fingerprint density at radius 3 is 3.00 bits per heavy atom. The van der Waals surface area contributed by atoms with E-state index in [1.807, 2.05) is 0 Å². The average molecular weight is 471 g/mol. The van der Waals surface area contributed by atoms with Gasteiger partial charge in [0.05, 0.1) is 29.7 Å². The summed E-state index contributed by atoms with van der Waals surface area (Å²) in [7, 11) is 0. The lowest BCUT2D eigenvalue weighted by atomic mass is 9.97. The third kappa shape index (κ3) is 4.21. The molecule has 0 spiro atoms. The minimum atomic E-state index is -0.526. The maximum Gasteiger partial charge on any atom is 0.307 e. The van der Waals surface area contributed by atoms with E-state index in [0.29, 0.717) is 22.3 Å². The molecule has 3 heterocycles. The molecule has 0 N–H and O–H groups in total. The molecule has 1 aliphatic carbocycles. The summed E-state index contributed by atoms with van der Waals surface area (Å²) in [5.74, 6) is -0.0885. The fraction of sp³-hybridized carbons (Fsp3) is 0.409. The van der Waals surface area contributed by atoms with E-state index in [1.165, 1.54) is 27.9 Å². The van der Waals surface area contributed by atoms with Crippen LogP contribution in [-0.4, -0.2) is 27.2 Å². The number of nitro benzene ring substituents is 1. The Kier molecular flexibility index (Phi) is 5.81. The van der Waals surface area contributed by atoms with Gasteiger partial charge in [-0.05, 0) is 31.2 Å². The van der Waals surface area contributed by atoms with Gasteiger partial charge in [0, 0.05) is 34.7 Å². The van der Waals surface area contributed by atoms with Crippen molar-refractivity contribution in [3.8, 4) is 5.75 Å². The molecule has 0 saturated carbocycles. The van der Waals surface area contributed by atoms with Gasteiger partial charge in [-0.1, -0.05) is 0 Å². The van der Waals surface area contributed by atoms with Crippen LogP contribution in [0.4, 0.5) is 5.69 Å². The van der Waals surface area contributed by atoms with E-state index in [9.17, 15) is 19.7 Å². The molecule has 0 atom stereocenters. The lowest BCUT2D eigenvalue weighted by Crippen LogP contribution is -2.23. The minimum Gasteiger partial charge on any atom is -0.467 e. The molecule has 3 aromatic rings. The highest BCUT2D eigenvalue weighted by atomic mass is 32.1. The van der Waals surface area contributed by atoms with Crippen LogP contribution in [0.25, 0.3) is 10.2 Å². The molecule has 0 unspecified atom stereocenters. The van der Waals surface area contributed by atoms with E-state index in [1.54, 1.807) is 11.3 Å². The van der Waals surface area contributed by atoms with Gasteiger partial charge >= 0.3 is 5.97 Å². The standard InChI is InChI=1S/C22H21N3O7S/c26-18(31-10-14-8-15(25(28)29)7-13-9-30-12-32-20(13)14)5-6-24-11-23-21-19(22(24)27)16-3-1-2-4-17(16)33-21/h7-8,11H,1-6,9-10,12H2. The first-order chi connectivity index (χ1) is 16.0. The number of hydrogen-bond acceptors (Lipinski definition) is 9. The second-order valence-electron chi connectivity index (χ2n) is 8.01. The second kappa shape index (κ2) is 8.91. The van der Waals surface area contributed by atoms with E-state index < -0.39 is 10.9 Å². The second-order valence-corrected chi connectivity index (χ2v) is 9.09. The number of carbonyl (C=O) groups is 1. The zero-order valence-corrected chi connectivity index (χ0v) is 18.5. The molecule has 172 valence electrons. The number of aryl methyl sites for hydroxylation is 3. The molecular formula is C22H21N3O7S. The van der Waals surface area contributed by atoms with Crippen LogP contribution in [0.15, 0.2) is 23.3 Å². The Labute approximate surface area is 191 Å². The fourth-order valence-electron chi connectivity index (χ4n) is 4.28. The van der Waals surface area contributed by atoms with Crippen LogP contribution in [0.3, 0.4) is 0 Å². The molecule has 0 amide bonds. The summed E-state index contributed by atoms with van der Waals surface area (Å²) < 4.78 is 17.4. The summed E-state index contributed by atoms with van der Waals surface area (Å²) in [6, 6.07) is 2.72. The predicted octanol–water partition coefficient (Wildman–Crippen LogP) is 3.25. The van der Waals surface area contributed by atoms with Crippen LogP contribution in [-0.2, 0) is 46.9 Å². The summed E-state index contributed by atoms with van der Waals surface area (Å²) in [6.07, 6.45) is 5.52. The van der Waals surface area contributed by atoms with E-state index >= 15 is 0 Å². The number of thiophene rings is 1. The normalized spacial score (nSPS) is 14.9. The molecular weight excluding hydrogens is 450 g/mol. The van der Waals surface area contributed by atoms with Crippen molar-refractivity contribution < 1.29 is 23.9 Å². The number of rotatable bonds is 6. The maximum atomic E-state index is 13.0. The van der Waals surface area contributed by atoms with Crippen molar-refractivity contribution >= 4 is 33.2 Å². The molecule has 33 heavy (non-hydrogen) atoms. The topological polar surface area (TPSA) is 123 Å². The van der Waals surface area contributed by atoms with Gasteiger partial charge in [0.1, 0.15) is 17.2 Å². The minimum absolute atomic E-state index is 0.0242. The largest absolute Gasteiger partial charge is 0.467 e. The zero-order valence-electron chi connectivity index (χ0n) is 17.7. The van der Waals surface area contributed by atoms with Crippen molar-refractivity contribution in [1.82, 2.24) is 9.55 Å². The summed E-state index contributed by atoms with van der Waals surface area (Å²) in [5, 5.41) is 11.9. The van der Waals surface area contributed by atoms with Crippen molar-refractivity contribution in [2.24, 2.45) is 0 Å². The van der Waals surface area contributed by atoms with Crippen LogP contribution in [0, 0.1) is 10.1 Å². The molecule has 0 saturated heterocycles. The van der Waals surface area contributed by atoms with Crippen LogP contribution in [0.5, 0.6) is 5.75 Å². The highest BCUT2D eigenvalue weighted by molar-refractivity contribution is 7.18. The highest BCUT2D eigenvalue weighted by Crippen LogP contribution is 2.34. The number of nitrogens with zero attached hydrogens (tertiary/aromatic N) is 3. The van der Waals surface area contributed by atoms with Gasteiger partial charge in [-0.3, -0.25) is 24.3 Å². The molecule has 2 aromatic heterocycles. The molecule has 2 aliphatic rings. The summed E-state index contributed by atoms with van der Waals surface area (Å²) in [6.45, 7) is 0.175. The Bertz CT molecular complexity index is 1310. The van der Waals surface area contributed by atoms with Crippen molar-refractivity contribution in [3.05, 3.63) is 60.5 Å². The number of benzene rings is 1. The predicted molar refractivity (Wildman–Crippen MR) is 118 cm³/mol. The van der Waals surface area contributed by atoms with Crippen molar-refractivity contribution in [2.45, 2.75) is 51.9 Å². The molecule has 0 fully saturated rings. The Morgan fingerprint density at radius 2 is 2.15 bits per heavy atom. The highest BCUT2D eigenvalue weighted by Gasteiger charge is 2.23. The molecule has 11 heteroatoms. The van der Waals surface area contributed by atoms with Gasteiger partial charge in [-0.15, -0.1) is 11.3 Å². The summed E-state index contributed by atoms with van der Waals surface area (Å²) in [4.78, 5) is 42.5. The van der Waals surface area contributed by atoms with Gasteiger partial charge in [-0.2, -0.15) is 0 Å². The van der Waals surface area contributed by atoms with Crippen molar-refractivity contribution in [2.75, 3.05) is 6.79 Å². The summed E-state index contributed by atoms with van der Waals surface area (Å²) in [5.41, 5.74) is 1.79. The Morgan fingerprint density at radius 1 is 1.30 bits per heavy atom. The van der Waals surface area contributed by atoms with E-state index in [-0.39, 0.29) is 44.2 Å². The smallest absolute Gasteiger partial charge is 0.307 e. The third-order valence-corrected chi connectivity index (χ3v) is 7.07.